The van der Waals surface area contributed by atoms with Gasteiger partial charge in [-0.2, -0.15) is 0 Å². The van der Waals surface area contributed by atoms with Gasteiger partial charge in [0, 0.05) is 12.5 Å². The summed E-state index contributed by atoms with van der Waals surface area (Å²) in [6.07, 6.45) is -1.12. The van der Waals surface area contributed by atoms with Crippen LogP contribution in [-0.2, 0) is 23.8 Å². The summed E-state index contributed by atoms with van der Waals surface area (Å²) in [5, 5.41) is 15.0. The Morgan fingerprint density at radius 1 is 1.06 bits per heavy atom. The molecule has 3 aliphatic rings. The van der Waals surface area contributed by atoms with Crippen LogP contribution in [0.25, 0.3) is 11.1 Å². The van der Waals surface area contributed by atoms with Crippen molar-refractivity contribution in [1.29, 1.82) is 0 Å². The molecule has 9 heteroatoms. The van der Waals surface area contributed by atoms with Crippen molar-refractivity contribution in [3.05, 3.63) is 59.7 Å². The van der Waals surface area contributed by atoms with E-state index < -0.39 is 41.6 Å². The Labute approximate surface area is 202 Å². The maximum atomic E-state index is 12.9. The summed E-state index contributed by atoms with van der Waals surface area (Å²) in [5.74, 6) is -1.58. The molecule has 184 valence electrons. The first-order chi connectivity index (χ1) is 16.9. The van der Waals surface area contributed by atoms with E-state index in [9.17, 15) is 19.5 Å². The van der Waals surface area contributed by atoms with Crippen LogP contribution in [0.1, 0.15) is 30.4 Å². The Bertz CT molecular complexity index is 1110. The number of amides is 2. The first kappa shape index (κ1) is 23.3. The van der Waals surface area contributed by atoms with Gasteiger partial charge in [-0.05, 0) is 35.6 Å². The summed E-state index contributed by atoms with van der Waals surface area (Å²) < 4.78 is 16.5. The lowest BCUT2D eigenvalue weighted by Crippen LogP contribution is -2.55. The number of carbonyl (C=O) groups excluding carboxylic acids is 2. The molecule has 2 heterocycles. The summed E-state index contributed by atoms with van der Waals surface area (Å²) in [6, 6.07) is 14.9. The van der Waals surface area contributed by atoms with Crippen molar-refractivity contribution in [2.45, 2.75) is 37.5 Å². The van der Waals surface area contributed by atoms with Crippen molar-refractivity contribution in [3.63, 3.8) is 0 Å². The van der Waals surface area contributed by atoms with Crippen LogP contribution >= 0.6 is 0 Å². The third-order valence-electron chi connectivity index (χ3n) is 7.26. The van der Waals surface area contributed by atoms with Gasteiger partial charge in [-0.15, -0.1) is 0 Å². The number of alkyl carbamates (subject to hydrolysis) is 1. The quantitative estimate of drug-likeness (QED) is 0.580. The number of ether oxygens (including phenoxy) is 3. The zero-order chi connectivity index (χ0) is 24.6. The fourth-order valence-electron chi connectivity index (χ4n) is 5.13. The highest BCUT2D eigenvalue weighted by atomic mass is 16.6. The zero-order valence-corrected chi connectivity index (χ0v) is 19.4. The molecule has 1 aliphatic carbocycles. The average Bonchev–Trinajstić information content (AvgIpc) is 3.55. The minimum Gasteiger partial charge on any atom is -0.481 e. The molecule has 2 amide bonds. The summed E-state index contributed by atoms with van der Waals surface area (Å²) >= 11 is 0. The van der Waals surface area contributed by atoms with Crippen LogP contribution in [0.4, 0.5) is 4.79 Å². The fraction of sp³-hybridized carbons (Fsp3) is 0.423. The molecule has 0 radical (unpaired) electrons. The molecule has 5 rings (SSSR count). The molecule has 35 heavy (non-hydrogen) atoms. The molecule has 2 fully saturated rings. The highest BCUT2D eigenvalue weighted by Crippen LogP contribution is 2.44. The molecule has 9 nitrogen and oxygen atoms in total. The van der Waals surface area contributed by atoms with Gasteiger partial charge in [-0.3, -0.25) is 9.59 Å². The first-order valence-electron chi connectivity index (χ1n) is 11.7. The maximum Gasteiger partial charge on any atom is 0.407 e. The van der Waals surface area contributed by atoms with Crippen LogP contribution in [0, 0.1) is 5.41 Å². The second-order valence-corrected chi connectivity index (χ2v) is 9.46. The fourth-order valence-corrected chi connectivity index (χ4v) is 5.13. The smallest absolute Gasteiger partial charge is 0.407 e. The topological polar surface area (TPSA) is 123 Å². The highest BCUT2D eigenvalue weighted by molar-refractivity contribution is 5.85. The Hall–Kier alpha value is -3.43. The molecule has 3 N–H and O–H groups in total. The van der Waals surface area contributed by atoms with Gasteiger partial charge in [0.25, 0.3) is 5.91 Å². The average molecular weight is 481 g/mol. The number of carboxylic acid groups (broad SMARTS) is 1. The molecule has 0 spiro atoms. The van der Waals surface area contributed by atoms with Gasteiger partial charge in [0.1, 0.15) is 12.0 Å². The van der Waals surface area contributed by atoms with E-state index in [1.165, 1.54) is 6.92 Å². The third kappa shape index (κ3) is 4.26. The molecule has 0 saturated carbocycles. The summed E-state index contributed by atoms with van der Waals surface area (Å²) in [6.45, 7) is 2.12. The van der Waals surface area contributed by atoms with Crippen LogP contribution in [0.5, 0.6) is 0 Å². The Balaban J connectivity index is 1.20. The zero-order valence-electron chi connectivity index (χ0n) is 19.4. The summed E-state index contributed by atoms with van der Waals surface area (Å²) in [5.41, 5.74) is 3.29. The van der Waals surface area contributed by atoms with Gasteiger partial charge in [-0.1, -0.05) is 48.5 Å². The molecular formula is C26H28N2O7. The predicted octanol–water partition coefficient (Wildman–Crippen LogP) is 2.29. The second kappa shape index (κ2) is 9.31. The largest absolute Gasteiger partial charge is 0.481 e. The maximum absolute atomic E-state index is 12.9. The van der Waals surface area contributed by atoms with E-state index in [0.29, 0.717) is 13.0 Å². The second-order valence-electron chi connectivity index (χ2n) is 9.46. The normalized spacial score (nSPS) is 27.2. The molecule has 2 saturated heterocycles. The molecule has 2 aromatic rings. The third-order valence-corrected chi connectivity index (χ3v) is 7.26. The highest BCUT2D eigenvalue weighted by Gasteiger charge is 2.48. The molecule has 2 aromatic carbocycles. The number of rotatable bonds is 6. The number of hydrogen-bond acceptors (Lipinski definition) is 6. The van der Waals surface area contributed by atoms with E-state index >= 15 is 0 Å². The number of benzene rings is 2. The van der Waals surface area contributed by atoms with Crippen LogP contribution in [0.15, 0.2) is 48.5 Å². The van der Waals surface area contributed by atoms with Crippen molar-refractivity contribution in [1.82, 2.24) is 10.6 Å². The van der Waals surface area contributed by atoms with Crippen molar-refractivity contribution in [2.24, 2.45) is 5.41 Å². The van der Waals surface area contributed by atoms with Crippen LogP contribution in [-0.4, -0.2) is 67.7 Å². The minimum atomic E-state index is -1.22. The number of hydrogen-bond donors (Lipinski definition) is 3. The first-order valence-corrected chi connectivity index (χ1v) is 11.7. The summed E-state index contributed by atoms with van der Waals surface area (Å²) in [7, 11) is 0. The number of carbonyl (C=O) groups is 3. The summed E-state index contributed by atoms with van der Waals surface area (Å²) in [4.78, 5) is 37.2. The van der Waals surface area contributed by atoms with Crippen LogP contribution in [0.2, 0.25) is 0 Å². The van der Waals surface area contributed by atoms with Gasteiger partial charge in [0.15, 0.2) is 6.10 Å². The number of aliphatic carboxylic acids is 1. The van der Waals surface area contributed by atoms with E-state index in [1.54, 1.807) is 0 Å². The van der Waals surface area contributed by atoms with E-state index in [1.807, 2.05) is 36.4 Å². The predicted molar refractivity (Wildman–Crippen MR) is 125 cm³/mol. The van der Waals surface area contributed by atoms with Gasteiger partial charge in [0.2, 0.25) is 0 Å². The van der Waals surface area contributed by atoms with Gasteiger partial charge < -0.3 is 30.0 Å². The van der Waals surface area contributed by atoms with Crippen molar-refractivity contribution >= 4 is 18.0 Å². The van der Waals surface area contributed by atoms with Crippen molar-refractivity contribution in [2.75, 3.05) is 26.4 Å². The van der Waals surface area contributed by atoms with Crippen molar-refractivity contribution < 1.29 is 33.7 Å². The SMILES string of the molecule is CC1(C(=O)O)COCC1NC(=O)C1OCCC1NC(=O)OCC1c2ccccc2-c2ccccc21. The van der Waals surface area contributed by atoms with E-state index in [2.05, 4.69) is 22.8 Å². The van der Waals surface area contributed by atoms with E-state index in [0.717, 1.165) is 22.3 Å². The Kier molecular flexibility index (Phi) is 6.21. The standard InChI is InChI=1S/C26H28N2O7/c1-26(24(30)31)14-33-13-21(26)28-23(29)22-20(10-11-34-22)27-25(32)35-12-19-17-8-4-2-6-15(17)16-7-3-5-9-18(16)19/h2-9,19-22H,10-14H2,1H3,(H,27,32)(H,28,29)(H,30,31). The number of nitrogens with one attached hydrogen (secondary N) is 2. The Morgan fingerprint density at radius 3 is 2.37 bits per heavy atom. The molecule has 0 bridgehead atoms. The van der Waals surface area contributed by atoms with Crippen LogP contribution < -0.4 is 10.6 Å². The molecule has 4 unspecified atom stereocenters. The number of fused-ring (bicyclic) bond motifs is 3. The van der Waals surface area contributed by atoms with Gasteiger partial charge >= 0.3 is 12.1 Å². The van der Waals surface area contributed by atoms with E-state index in [4.69, 9.17) is 14.2 Å². The Morgan fingerprint density at radius 2 is 1.71 bits per heavy atom. The van der Waals surface area contributed by atoms with Crippen LogP contribution in [0.3, 0.4) is 0 Å². The van der Waals surface area contributed by atoms with Gasteiger partial charge in [0.05, 0.1) is 25.3 Å². The minimum absolute atomic E-state index is 0.0141. The lowest BCUT2D eigenvalue weighted by molar-refractivity contribution is -0.149. The van der Waals surface area contributed by atoms with Gasteiger partial charge in [-0.25, -0.2) is 4.79 Å². The number of carboxylic acids is 1. The molecule has 4 atom stereocenters. The molecular weight excluding hydrogens is 452 g/mol. The van der Waals surface area contributed by atoms with Crippen molar-refractivity contribution in [3.8, 4) is 11.1 Å². The lowest BCUT2D eigenvalue weighted by atomic mass is 9.85. The monoisotopic (exact) mass is 480 g/mol. The lowest BCUT2D eigenvalue weighted by Gasteiger charge is -2.27. The molecule has 0 aromatic heterocycles. The van der Waals surface area contributed by atoms with E-state index in [-0.39, 0.29) is 25.7 Å². The molecule has 2 aliphatic heterocycles.